The van der Waals surface area contributed by atoms with E-state index in [9.17, 15) is 13.2 Å². The molecule has 0 aromatic carbocycles. The van der Waals surface area contributed by atoms with E-state index in [-0.39, 0.29) is 12.6 Å². The first-order chi connectivity index (χ1) is 9.03. The van der Waals surface area contributed by atoms with Crippen molar-refractivity contribution in [3.63, 3.8) is 0 Å². The van der Waals surface area contributed by atoms with Gasteiger partial charge < -0.3 is 15.1 Å². The SMILES string of the molecule is Cc1ccc(C(C)NC(=O)NCC(C)(C)S(C)(=O)=O)o1. The standard InChI is InChI=1S/C13H22N2O4S/c1-9-6-7-11(19-9)10(2)15-12(16)14-8-13(3,4)20(5,17)18/h6-7,10H,8H2,1-5H3,(H2,14,15,16). The molecule has 7 heteroatoms. The summed E-state index contributed by atoms with van der Waals surface area (Å²) in [6, 6.07) is 2.90. The summed E-state index contributed by atoms with van der Waals surface area (Å²) in [6.45, 7) is 6.80. The minimum atomic E-state index is -3.24. The zero-order valence-corrected chi connectivity index (χ0v) is 13.3. The average Bonchev–Trinajstić information content (AvgIpc) is 2.72. The summed E-state index contributed by atoms with van der Waals surface area (Å²) in [5, 5.41) is 5.26. The van der Waals surface area contributed by atoms with Crippen molar-refractivity contribution in [2.45, 2.75) is 38.5 Å². The number of urea groups is 1. The molecule has 0 fully saturated rings. The van der Waals surface area contributed by atoms with Crippen LogP contribution in [-0.2, 0) is 9.84 Å². The van der Waals surface area contributed by atoms with E-state index in [1.807, 2.05) is 13.0 Å². The lowest BCUT2D eigenvalue weighted by Crippen LogP contribution is -2.47. The number of aryl methyl sites for hydroxylation is 1. The first kappa shape index (κ1) is 16.6. The van der Waals surface area contributed by atoms with Crippen molar-refractivity contribution in [2.24, 2.45) is 0 Å². The van der Waals surface area contributed by atoms with E-state index < -0.39 is 20.6 Å². The number of hydrogen-bond acceptors (Lipinski definition) is 4. The molecule has 0 radical (unpaired) electrons. The van der Waals surface area contributed by atoms with Gasteiger partial charge in [-0.3, -0.25) is 0 Å². The number of hydrogen-bond donors (Lipinski definition) is 2. The van der Waals surface area contributed by atoms with Crippen LogP contribution in [0.2, 0.25) is 0 Å². The summed E-state index contributed by atoms with van der Waals surface area (Å²) in [5.74, 6) is 1.42. The van der Waals surface area contributed by atoms with E-state index in [1.54, 1.807) is 26.8 Å². The summed E-state index contributed by atoms with van der Waals surface area (Å²) < 4.78 is 27.5. The van der Waals surface area contributed by atoms with Gasteiger partial charge in [0, 0.05) is 12.8 Å². The molecule has 2 amide bonds. The summed E-state index contributed by atoms with van der Waals surface area (Å²) in [5.41, 5.74) is 0. The second kappa shape index (κ2) is 5.87. The molecular weight excluding hydrogens is 280 g/mol. The molecule has 0 saturated heterocycles. The Bertz CT molecular complexity index is 575. The lowest BCUT2D eigenvalue weighted by molar-refractivity contribution is 0.235. The monoisotopic (exact) mass is 302 g/mol. The third kappa shape index (κ3) is 4.26. The first-order valence-corrected chi connectivity index (χ1v) is 8.22. The van der Waals surface area contributed by atoms with Crippen molar-refractivity contribution in [3.05, 3.63) is 23.7 Å². The number of furan rings is 1. The molecular formula is C13H22N2O4S. The van der Waals surface area contributed by atoms with Crippen LogP contribution in [0, 0.1) is 6.92 Å². The zero-order chi connectivity index (χ0) is 15.6. The number of carbonyl (C=O) groups is 1. The van der Waals surface area contributed by atoms with Crippen LogP contribution in [-0.4, -0.2) is 32.0 Å². The molecule has 0 bridgehead atoms. The van der Waals surface area contributed by atoms with E-state index in [2.05, 4.69) is 10.6 Å². The Kier molecular flexibility index (Phi) is 4.86. The highest BCUT2D eigenvalue weighted by Gasteiger charge is 2.30. The van der Waals surface area contributed by atoms with Gasteiger partial charge >= 0.3 is 6.03 Å². The molecule has 1 heterocycles. The molecule has 1 rings (SSSR count). The Balaban J connectivity index is 2.53. The molecule has 0 saturated carbocycles. The highest BCUT2D eigenvalue weighted by atomic mass is 32.2. The Morgan fingerprint density at radius 3 is 2.45 bits per heavy atom. The average molecular weight is 302 g/mol. The third-order valence-electron chi connectivity index (χ3n) is 3.21. The highest BCUT2D eigenvalue weighted by Crippen LogP contribution is 2.16. The lowest BCUT2D eigenvalue weighted by atomic mass is 10.2. The first-order valence-electron chi connectivity index (χ1n) is 6.33. The van der Waals surface area contributed by atoms with Gasteiger partial charge in [0.15, 0.2) is 9.84 Å². The Morgan fingerprint density at radius 1 is 1.40 bits per heavy atom. The third-order valence-corrected chi connectivity index (χ3v) is 5.37. The van der Waals surface area contributed by atoms with Crippen LogP contribution in [0.25, 0.3) is 0 Å². The fourth-order valence-electron chi connectivity index (χ4n) is 1.43. The summed E-state index contributed by atoms with van der Waals surface area (Å²) >= 11 is 0. The van der Waals surface area contributed by atoms with Crippen LogP contribution in [0.4, 0.5) is 4.79 Å². The maximum atomic E-state index is 11.7. The van der Waals surface area contributed by atoms with Crippen molar-refractivity contribution >= 4 is 15.9 Å². The molecule has 6 nitrogen and oxygen atoms in total. The number of rotatable bonds is 5. The van der Waals surface area contributed by atoms with Gasteiger partial charge in [0.05, 0.1) is 10.8 Å². The number of carbonyl (C=O) groups excluding carboxylic acids is 1. The van der Waals surface area contributed by atoms with Crippen molar-refractivity contribution in [1.82, 2.24) is 10.6 Å². The zero-order valence-electron chi connectivity index (χ0n) is 12.5. The van der Waals surface area contributed by atoms with Gasteiger partial charge in [-0.2, -0.15) is 0 Å². The second-order valence-corrected chi connectivity index (χ2v) is 8.18. The normalized spacial score (nSPS) is 13.8. The minimum Gasteiger partial charge on any atom is -0.464 e. The molecule has 2 N–H and O–H groups in total. The maximum Gasteiger partial charge on any atom is 0.315 e. The van der Waals surface area contributed by atoms with Gasteiger partial charge in [-0.25, -0.2) is 13.2 Å². The van der Waals surface area contributed by atoms with Crippen LogP contribution in [0.15, 0.2) is 16.5 Å². The molecule has 0 aliphatic heterocycles. The molecule has 0 aliphatic carbocycles. The topological polar surface area (TPSA) is 88.4 Å². The van der Waals surface area contributed by atoms with E-state index in [4.69, 9.17) is 4.42 Å². The fourth-order valence-corrected chi connectivity index (χ4v) is 1.76. The second-order valence-electron chi connectivity index (χ2n) is 5.53. The smallest absolute Gasteiger partial charge is 0.315 e. The maximum absolute atomic E-state index is 11.7. The predicted molar refractivity (Wildman–Crippen MR) is 77.3 cm³/mol. The van der Waals surface area contributed by atoms with Crippen molar-refractivity contribution in [2.75, 3.05) is 12.8 Å². The van der Waals surface area contributed by atoms with Gasteiger partial charge in [0.1, 0.15) is 11.5 Å². The van der Waals surface area contributed by atoms with Crippen molar-refractivity contribution in [1.29, 1.82) is 0 Å². The van der Waals surface area contributed by atoms with Gasteiger partial charge in [-0.1, -0.05) is 0 Å². The summed E-state index contributed by atoms with van der Waals surface area (Å²) in [4.78, 5) is 11.7. The van der Waals surface area contributed by atoms with Crippen LogP contribution < -0.4 is 10.6 Å². The minimum absolute atomic E-state index is 0.0432. The van der Waals surface area contributed by atoms with E-state index >= 15 is 0 Å². The predicted octanol–water partition coefficient (Wildman–Crippen LogP) is 1.77. The molecule has 20 heavy (non-hydrogen) atoms. The van der Waals surface area contributed by atoms with E-state index in [0.29, 0.717) is 5.76 Å². The van der Waals surface area contributed by atoms with Crippen molar-refractivity contribution < 1.29 is 17.6 Å². The van der Waals surface area contributed by atoms with Gasteiger partial charge in [0.2, 0.25) is 0 Å². The number of sulfone groups is 1. The van der Waals surface area contributed by atoms with E-state index in [1.165, 1.54) is 0 Å². The summed E-state index contributed by atoms with van der Waals surface area (Å²) in [7, 11) is -3.24. The Morgan fingerprint density at radius 2 is 2.00 bits per heavy atom. The quantitative estimate of drug-likeness (QED) is 0.867. The summed E-state index contributed by atoms with van der Waals surface area (Å²) in [6.07, 6.45) is 1.15. The number of amides is 2. The van der Waals surface area contributed by atoms with E-state index in [0.717, 1.165) is 12.0 Å². The molecule has 1 aromatic heterocycles. The molecule has 1 aromatic rings. The van der Waals surface area contributed by atoms with Crippen LogP contribution in [0.1, 0.15) is 38.3 Å². The van der Waals surface area contributed by atoms with Gasteiger partial charge in [0.25, 0.3) is 0 Å². The highest BCUT2D eigenvalue weighted by molar-refractivity contribution is 7.92. The van der Waals surface area contributed by atoms with Crippen LogP contribution in [0.3, 0.4) is 0 Å². The van der Waals surface area contributed by atoms with Crippen LogP contribution >= 0.6 is 0 Å². The Labute approximate surface area is 119 Å². The number of nitrogens with one attached hydrogen (secondary N) is 2. The van der Waals surface area contributed by atoms with Crippen molar-refractivity contribution in [3.8, 4) is 0 Å². The van der Waals surface area contributed by atoms with Gasteiger partial charge in [-0.05, 0) is 39.8 Å². The molecule has 0 aliphatic rings. The Hall–Kier alpha value is -1.50. The molecule has 1 unspecified atom stereocenters. The largest absolute Gasteiger partial charge is 0.464 e. The fraction of sp³-hybridized carbons (Fsp3) is 0.615. The van der Waals surface area contributed by atoms with Crippen LogP contribution in [0.5, 0.6) is 0 Å². The molecule has 1 atom stereocenters. The lowest BCUT2D eigenvalue weighted by Gasteiger charge is -2.23. The van der Waals surface area contributed by atoms with Gasteiger partial charge in [-0.15, -0.1) is 0 Å². The molecule has 114 valence electrons. The molecule has 0 spiro atoms.